The lowest BCUT2D eigenvalue weighted by atomic mass is 10.0. The van der Waals surface area contributed by atoms with Gasteiger partial charge in [-0.1, -0.05) is 12.1 Å². The number of furan rings is 1. The molecular formula is C19H24N2O4. The van der Waals surface area contributed by atoms with Crippen molar-refractivity contribution >= 4 is 11.8 Å². The zero-order valence-electron chi connectivity index (χ0n) is 14.8. The van der Waals surface area contributed by atoms with Crippen LogP contribution in [0.15, 0.2) is 40.8 Å². The van der Waals surface area contributed by atoms with Crippen molar-refractivity contribution in [2.75, 3.05) is 24.6 Å². The van der Waals surface area contributed by atoms with E-state index < -0.39 is 5.60 Å². The Morgan fingerprint density at radius 2 is 2.00 bits per heavy atom. The number of carbonyl (C=O) groups is 1. The summed E-state index contributed by atoms with van der Waals surface area (Å²) in [6, 6.07) is 11.5. The second-order valence-corrected chi connectivity index (χ2v) is 6.64. The van der Waals surface area contributed by atoms with Crippen molar-refractivity contribution in [3.63, 3.8) is 0 Å². The highest BCUT2D eigenvalue weighted by molar-refractivity contribution is 5.89. The molecular weight excluding hydrogens is 320 g/mol. The topological polar surface area (TPSA) is 74.9 Å². The van der Waals surface area contributed by atoms with Crippen LogP contribution in [0, 0.1) is 6.92 Å². The van der Waals surface area contributed by atoms with Gasteiger partial charge >= 0.3 is 6.09 Å². The second kappa shape index (κ2) is 6.90. The summed E-state index contributed by atoms with van der Waals surface area (Å²) < 4.78 is 10.5. The van der Waals surface area contributed by atoms with Gasteiger partial charge < -0.3 is 19.6 Å². The minimum Gasteiger partial charge on any atom is -0.463 e. The van der Waals surface area contributed by atoms with E-state index in [2.05, 4.69) is 5.32 Å². The molecule has 1 aromatic carbocycles. The molecule has 0 bridgehead atoms. The van der Waals surface area contributed by atoms with Crippen molar-refractivity contribution in [2.24, 2.45) is 0 Å². The van der Waals surface area contributed by atoms with Crippen LogP contribution in [0.4, 0.5) is 10.5 Å². The fraction of sp³-hybridized carbons (Fsp3) is 0.421. The van der Waals surface area contributed by atoms with Crippen LogP contribution in [-0.4, -0.2) is 30.9 Å². The van der Waals surface area contributed by atoms with Gasteiger partial charge in [-0.05, 0) is 50.6 Å². The normalized spacial score (nSPS) is 18.1. The summed E-state index contributed by atoms with van der Waals surface area (Å²) >= 11 is 0. The number of nitrogens with one attached hydrogen (secondary N) is 1. The van der Waals surface area contributed by atoms with E-state index >= 15 is 0 Å². The van der Waals surface area contributed by atoms with Gasteiger partial charge in [0.15, 0.2) is 0 Å². The molecule has 0 aliphatic carbocycles. The van der Waals surface area contributed by atoms with Gasteiger partial charge in [0.05, 0.1) is 6.54 Å². The van der Waals surface area contributed by atoms with Crippen LogP contribution in [0.25, 0.3) is 0 Å². The lowest BCUT2D eigenvalue weighted by Gasteiger charge is -2.24. The number of cyclic esters (lactones) is 1. The molecule has 0 spiro atoms. The predicted molar refractivity (Wildman–Crippen MR) is 94.6 cm³/mol. The van der Waals surface area contributed by atoms with E-state index in [1.807, 2.05) is 44.2 Å². The average molecular weight is 344 g/mol. The SMILES string of the molecule is Cc1ccc([C@@](C)(O)CN[C@@H](C)c2ccc(N3CCOC3=O)cc2)o1. The number of hydrogen-bond acceptors (Lipinski definition) is 5. The van der Waals surface area contributed by atoms with Crippen LogP contribution in [-0.2, 0) is 10.3 Å². The van der Waals surface area contributed by atoms with Gasteiger partial charge in [-0.2, -0.15) is 0 Å². The third kappa shape index (κ3) is 3.86. The fourth-order valence-corrected chi connectivity index (χ4v) is 2.85. The number of rotatable bonds is 6. The van der Waals surface area contributed by atoms with Crippen LogP contribution < -0.4 is 10.2 Å². The van der Waals surface area contributed by atoms with E-state index in [-0.39, 0.29) is 12.1 Å². The number of aryl methyl sites for hydroxylation is 1. The van der Waals surface area contributed by atoms with Gasteiger partial charge in [-0.15, -0.1) is 0 Å². The molecule has 1 aromatic heterocycles. The maximum Gasteiger partial charge on any atom is 0.414 e. The van der Waals surface area contributed by atoms with Gasteiger partial charge in [0.25, 0.3) is 0 Å². The average Bonchev–Trinajstić information content (AvgIpc) is 3.22. The Morgan fingerprint density at radius 3 is 2.56 bits per heavy atom. The molecule has 2 N–H and O–H groups in total. The zero-order chi connectivity index (χ0) is 18.0. The van der Waals surface area contributed by atoms with Crippen LogP contribution in [0.2, 0.25) is 0 Å². The fourth-order valence-electron chi connectivity index (χ4n) is 2.85. The molecule has 6 heteroatoms. The first-order valence-corrected chi connectivity index (χ1v) is 8.44. The van der Waals surface area contributed by atoms with E-state index in [0.29, 0.717) is 25.5 Å². The van der Waals surface area contributed by atoms with Crippen molar-refractivity contribution in [2.45, 2.75) is 32.4 Å². The number of aliphatic hydroxyl groups is 1. The van der Waals surface area contributed by atoms with E-state index in [9.17, 15) is 9.90 Å². The minimum atomic E-state index is -1.08. The predicted octanol–water partition coefficient (Wildman–Crippen LogP) is 3.10. The number of nitrogens with zero attached hydrogens (tertiary/aromatic N) is 1. The molecule has 134 valence electrons. The molecule has 0 radical (unpaired) electrons. The molecule has 1 amide bonds. The second-order valence-electron chi connectivity index (χ2n) is 6.64. The van der Waals surface area contributed by atoms with Gasteiger partial charge in [0.2, 0.25) is 0 Å². The third-order valence-corrected chi connectivity index (χ3v) is 4.49. The summed E-state index contributed by atoms with van der Waals surface area (Å²) in [5.74, 6) is 1.33. The molecule has 0 unspecified atom stereocenters. The molecule has 1 aliphatic rings. The van der Waals surface area contributed by atoms with Gasteiger partial charge in [0.1, 0.15) is 23.7 Å². The summed E-state index contributed by atoms with van der Waals surface area (Å²) in [7, 11) is 0. The van der Waals surface area contributed by atoms with Crippen molar-refractivity contribution < 1.29 is 19.1 Å². The first-order valence-electron chi connectivity index (χ1n) is 8.44. The Hall–Kier alpha value is -2.31. The molecule has 2 atom stereocenters. The maximum absolute atomic E-state index is 11.6. The Kier molecular flexibility index (Phi) is 4.83. The number of carbonyl (C=O) groups excluding carboxylic acids is 1. The van der Waals surface area contributed by atoms with Gasteiger partial charge in [-0.25, -0.2) is 4.79 Å². The van der Waals surface area contributed by atoms with E-state index in [1.165, 1.54) is 0 Å². The Balaban J connectivity index is 1.61. The highest BCUT2D eigenvalue weighted by atomic mass is 16.6. The monoisotopic (exact) mass is 344 g/mol. The standard InChI is InChI=1S/C19H24N2O4/c1-13-4-9-17(25-13)19(3,23)12-20-14(2)15-5-7-16(8-6-15)21-10-11-24-18(21)22/h4-9,14,20,23H,10-12H2,1-3H3/t14-,19-/m0/s1. The highest BCUT2D eigenvalue weighted by Crippen LogP contribution is 2.25. The quantitative estimate of drug-likeness (QED) is 0.842. The molecule has 3 rings (SSSR count). The van der Waals surface area contributed by atoms with Gasteiger partial charge in [0, 0.05) is 18.3 Å². The molecule has 1 saturated heterocycles. The molecule has 1 fully saturated rings. The summed E-state index contributed by atoms with van der Waals surface area (Å²) in [6.45, 7) is 6.99. The van der Waals surface area contributed by atoms with E-state index in [1.54, 1.807) is 17.9 Å². The Bertz CT molecular complexity index is 736. The molecule has 0 saturated carbocycles. The molecule has 25 heavy (non-hydrogen) atoms. The van der Waals surface area contributed by atoms with Crippen molar-refractivity contribution in [1.29, 1.82) is 0 Å². The van der Waals surface area contributed by atoms with Crippen molar-refractivity contribution in [3.8, 4) is 0 Å². The number of amides is 1. The smallest absolute Gasteiger partial charge is 0.414 e. The number of anilines is 1. The summed E-state index contributed by atoms with van der Waals surface area (Å²) in [6.07, 6.45) is -0.302. The molecule has 2 heterocycles. The van der Waals surface area contributed by atoms with Gasteiger partial charge in [-0.3, -0.25) is 4.90 Å². The molecule has 1 aliphatic heterocycles. The lowest BCUT2D eigenvalue weighted by molar-refractivity contribution is 0.0313. The number of ether oxygens (including phenoxy) is 1. The maximum atomic E-state index is 11.6. The van der Waals surface area contributed by atoms with Crippen LogP contribution in [0.5, 0.6) is 0 Å². The summed E-state index contributed by atoms with van der Waals surface area (Å²) in [5, 5.41) is 13.9. The number of benzene rings is 1. The first-order chi connectivity index (χ1) is 11.9. The van der Waals surface area contributed by atoms with Crippen molar-refractivity contribution in [3.05, 3.63) is 53.5 Å². The zero-order valence-corrected chi connectivity index (χ0v) is 14.8. The molecule has 2 aromatic rings. The Morgan fingerprint density at radius 1 is 1.28 bits per heavy atom. The lowest BCUT2D eigenvalue weighted by Crippen LogP contribution is -2.36. The van der Waals surface area contributed by atoms with Crippen LogP contribution in [0.3, 0.4) is 0 Å². The van der Waals surface area contributed by atoms with Crippen LogP contribution >= 0.6 is 0 Å². The van der Waals surface area contributed by atoms with Crippen LogP contribution in [0.1, 0.15) is 37.0 Å². The summed E-state index contributed by atoms with van der Waals surface area (Å²) in [5.41, 5.74) is 0.821. The highest BCUT2D eigenvalue weighted by Gasteiger charge is 2.27. The largest absolute Gasteiger partial charge is 0.463 e. The van der Waals surface area contributed by atoms with E-state index in [4.69, 9.17) is 9.15 Å². The minimum absolute atomic E-state index is 0.0436. The molecule has 6 nitrogen and oxygen atoms in total. The first kappa shape index (κ1) is 17.5. The Labute approximate surface area is 147 Å². The third-order valence-electron chi connectivity index (χ3n) is 4.49. The van der Waals surface area contributed by atoms with E-state index in [0.717, 1.165) is 17.0 Å². The van der Waals surface area contributed by atoms with Crippen molar-refractivity contribution in [1.82, 2.24) is 5.32 Å². The summed E-state index contributed by atoms with van der Waals surface area (Å²) in [4.78, 5) is 13.2. The number of hydrogen-bond donors (Lipinski definition) is 2.